The zero-order chi connectivity index (χ0) is 84.7. The van der Waals surface area contributed by atoms with Crippen LogP contribution < -0.4 is 60.3 Å². The highest BCUT2D eigenvalue weighted by molar-refractivity contribution is 5.96. The lowest BCUT2D eigenvalue weighted by Gasteiger charge is -2.21. The van der Waals surface area contributed by atoms with Crippen LogP contribution >= 0.6 is 0 Å². The summed E-state index contributed by atoms with van der Waals surface area (Å²) in [5.41, 5.74) is 1.13. The van der Waals surface area contributed by atoms with E-state index in [4.69, 9.17) is 28.4 Å². The Morgan fingerprint density at radius 1 is 0.381 bits per heavy atom. The number of ether oxygens (including phenoxy) is 6. The first-order valence-electron chi connectivity index (χ1n) is 39.3. The van der Waals surface area contributed by atoms with Crippen molar-refractivity contribution < 1.29 is 83.5 Å². The Morgan fingerprint density at radius 2 is 0.655 bits per heavy atom. The fourth-order valence-corrected chi connectivity index (χ4v) is 12.6. The van der Waals surface area contributed by atoms with E-state index in [1.54, 1.807) is 9.36 Å². The summed E-state index contributed by atoms with van der Waals surface area (Å²) in [6.07, 6.45) is 8.62. The molecule has 0 aliphatic rings. The molecule has 2 unspecified atom stereocenters. The molecule has 6 N–H and O–H groups in total. The van der Waals surface area contributed by atoms with Crippen LogP contribution in [0.15, 0.2) is 36.4 Å². The molecule has 24 nitrogen and oxygen atoms in total. The van der Waals surface area contributed by atoms with Crippen LogP contribution in [-0.4, -0.2) is 145 Å². The van der Waals surface area contributed by atoms with Gasteiger partial charge >= 0.3 is 0 Å². The number of nitrogens with zero attached hydrogens (tertiary/aromatic N) is 6. The standard InChI is InChI=1S/2C28H42F2N4O4.C27H40F2N4O4/c1-9-10-11-31-24(35)13-19(12-16(2)3)32-28(36)22-15-23(34(33-22)18(6)17(4)5)25-26(37-7)20(29)14-21(30)27(25)38-8;1-8-10-11-31-24(35)13-19(12-17(3)4)32-28(36)22-15-23(34(33-22)16-18(5)9-2)25-26(37-6)20(29)14-21(30)27(25)38-7;1-8-9-10-30-23(34)12-18(11-16(2)3)31-27(35)21-14-22(33(32-21)15-17(4)5)24-25(36-6)19(28)13-20(29)26(24)37-7/h14-19H,9-13H2,1-8H3,(H,31,35)(H,32,36);14-15,17-19H,8-13,16H2,1-7H3,(H,31,35)(H,32,36);13-14,16-18H,8-12,15H2,1-7H3,(H,30,34)(H,31,35)/t2*18?,19-;18-/m000/s1. The summed E-state index contributed by atoms with van der Waals surface area (Å²) >= 11 is 0. The number of carbonyl (C=O) groups excluding carboxylic acids is 6. The van der Waals surface area contributed by atoms with Gasteiger partial charge in [-0.1, -0.05) is 130 Å². The Hall–Kier alpha value is -9.51. The number of carbonyl (C=O) groups is 6. The second-order valence-corrected chi connectivity index (χ2v) is 30.4. The molecule has 0 radical (unpaired) electrons. The number of aromatic nitrogens is 6. The molecule has 30 heteroatoms. The molecule has 0 bridgehead atoms. The molecule has 630 valence electrons. The quantitative estimate of drug-likeness (QED) is 0.0153. The summed E-state index contributed by atoms with van der Waals surface area (Å²) in [5.74, 6) is -7.39. The van der Waals surface area contributed by atoms with Gasteiger partial charge < -0.3 is 60.3 Å². The number of nitrogens with one attached hydrogen (secondary N) is 6. The van der Waals surface area contributed by atoms with Crippen LogP contribution in [0.2, 0.25) is 0 Å². The molecule has 6 aromatic rings. The highest BCUT2D eigenvalue weighted by Crippen LogP contribution is 2.46. The summed E-state index contributed by atoms with van der Waals surface area (Å²) in [7, 11) is 7.67. The molecule has 0 fully saturated rings. The largest absolute Gasteiger partial charge is 0.493 e. The smallest absolute Gasteiger partial charge is 0.272 e. The van der Waals surface area contributed by atoms with Crippen molar-refractivity contribution in [3.63, 3.8) is 0 Å². The van der Waals surface area contributed by atoms with Crippen molar-refractivity contribution in [2.45, 2.75) is 232 Å². The van der Waals surface area contributed by atoms with Crippen LogP contribution in [0.25, 0.3) is 33.8 Å². The van der Waals surface area contributed by atoms with Crippen LogP contribution in [0, 0.1) is 70.4 Å². The lowest BCUT2D eigenvalue weighted by molar-refractivity contribution is -0.122. The minimum atomic E-state index is -0.900. The highest BCUT2D eigenvalue weighted by Gasteiger charge is 2.34. The molecule has 0 spiro atoms. The minimum absolute atomic E-state index is 0.0283. The van der Waals surface area contributed by atoms with Crippen LogP contribution in [0.5, 0.6) is 34.5 Å². The molecule has 0 saturated heterocycles. The zero-order valence-corrected chi connectivity index (χ0v) is 70.3. The van der Waals surface area contributed by atoms with Crippen molar-refractivity contribution in [1.82, 2.24) is 61.2 Å². The molecule has 3 heterocycles. The number of hydrogen-bond acceptors (Lipinski definition) is 15. The van der Waals surface area contributed by atoms with Crippen molar-refractivity contribution in [1.29, 1.82) is 0 Å². The first-order chi connectivity index (χ1) is 53.5. The number of rotatable bonds is 43. The van der Waals surface area contributed by atoms with Gasteiger partial charge in [-0.3, -0.25) is 42.8 Å². The number of hydrogen-bond donors (Lipinski definition) is 6. The minimum Gasteiger partial charge on any atom is -0.493 e. The Morgan fingerprint density at radius 3 is 0.912 bits per heavy atom. The molecule has 113 heavy (non-hydrogen) atoms. The maximum Gasteiger partial charge on any atom is 0.272 e. The van der Waals surface area contributed by atoms with E-state index in [0.717, 1.165) is 44.9 Å². The summed E-state index contributed by atoms with van der Waals surface area (Å²) in [4.78, 5) is 77.3. The van der Waals surface area contributed by atoms with E-state index in [9.17, 15) is 55.1 Å². The molecule has 6 rings (SSSR count). The fourth-order valence-electron chi connectivity index (χ4n) is 12.6. The van der Waals surface area contributed by atoms with Crippen LogP contribution in [-0.2, 0) is 27.5 Å². The van der Waals surface area contributed by atoms with Gasteiger partial charge in [0.15, 0.2) is 86.5 Å². The molecule has 6 amide bonds. The van der Waals surface area contributed by atoms with E-state index in [0.29, 0.717) is 75.9 Å². The molecule has 0 aliphatic heterocycles. The van der Waals surface area contributed by atoms with Gasteiger partial charge in [0.1, 0.15) is 0 Å². The van der Waals surface area contributed by atoms with Gasteiger partial charge in [-0.2, -0.15) is 15.3 Å². The van der Waals surface area contributed by atoms with Crippen LogP contribution in [0.3, 0.4) is 0 Å². The van der Waals surface area contributed by atoms with E-state index in [1.165, 1.54) is 65.5 Å². The molecule has 5 atom stereocenters. The van der Waals surface area contributed by atoms with Gasteiger partial charge in [0.25, 0.3) is 17.7 Å². The normalized spacial score (nSPS) is 12.6. The number of halogens is 6. The molecule has 0 saturated carbocycles. The molecule has 0 aliphatic carbocycles. The van der Waals surface area contributed by atoms with E-state index in [1.807, 2.05) is 111 Å². The van der Waals surface area contributed by atoms with Crippen LogP contribution in [0.1, 0.15) is 232 Å². The third-order valence-corrected chi connectivity index (χ3v) is 18.6. The Bertz CT molecular complexity index is 3980. The van der Waals surface area contributed by atoms with Gasteiger partial charge in [0.2, 0.25) is 17.7 Å². The average molecular weight is 1600 g/mol. The van der Waals surface area contributed by atoms with Crippen LogP contribution in [0.4, 0.5) is 26.3 Å². The lowest BCUT2D eigenvalue weighted by atomic mass is 10.0. The summed E-state index contributed by atoms with van der Waals surface area (Å²) < 4.78 is 124. The SMILES string of the molecule is CCCCNC(=O)C[C@H](CC(C)C)NC(=O)c1cc(-c2c(OC)c(F)cc(F)c2OC)n(C(C)C(C)C)n1.CCCCNC(=O)C[C@H](CC(C)C)NC(=O)c1cc(-c2c(OC)c(F)cc(F)c2OC)n(CC(C)C)n1.CCCCNC(=O)C[C@H](CC(C)C)NC(=O)c1cc(-c2c(OC)c(F)cc(F)c2OC)n(CC(C)CC)n1. The third-order valence-electron chi connectivity index (χ3n) is 18.6. The number of unbranched alkanes of at least 4 members (excludes halogenated alkanes) is 3. The molecular formula is C83H124F6N12O12. The van der Waals surface area contributed by atoms with Gasteiger partial charge in [-0.15, -0.1) is 0 Å². The van der Waals surface area contributed by atoms with Gasteiger partial charge in [-0.25, -0.2) is 26.3 Å². The third kappa shape index (κ3) is 28.2. The zero-order valence-electron chi connectivity index (χ0n) is 70.3. The van der Waals surface area contributed by atoms with Crippen molar-refractivity contribution in [3.05, 3.63) is 88.4 Å². The summed E-state index contributed by atoms with van der Waals surface area (Å²) in [5, 5.41) is 31.0. The predicted octanol–water partition coefficient (Wildman–Crippen LogP) is 15.8. The molecule has 3 aromatic heterocycles. The second kappa shape index (κ2) is 47.2. The van der Waals surface area contributed by atoms with Gasteiger partial charge in [-0.05, 0) is 99.2 Å². The topological polar surface area (TPSA) is 283 Å². The Kier molecular flexibility index (Phi) is 40.1. The number of amides is 6. The lowest BCUT2D eigenvalue weighted by Crippen LogP contribution is -2.40. The van der Waals surface area contributed by atoms with Gasteiger partial charge in [0, 0.05) is 88.3 Å². The van der Waals surface area contributed by atoms with E-state index in [-0.39, 0.29) is 158 Å². The van der Waals surface area contributed by atoms with E-state index in [2.05, 4.69) is 47.2 Å². The predicted molar refractivity (Wildman–Crippen MR) is 426 cm³/mol. The average Bonchev–Trinajstić information content (AvgIpc) is 1.72. The Balaban J connectivity index is 0.000000357. The highest BCUT2D eigenvalue weighted by atomic mass is 19.2. The van der Waals surface area contributed by atoms with Crippen molar-refractivity contribution in [2.24, 2.45) is 35.5 Å². The second-order valence-electron chi connectivity index (χ2n) is 30.4. The van der Waals surface area contributed by atoms with Gasteiger partial charge in [0.05, 0.1) is 82.5 Å². The van der Waals surface area contributed by atoms with E-state index < -0.39 is 70.8 Å². The van der Waals surface area contributed by atoms with Crippen molar-refractivity contribution >= 4 is 35.4 Å². The van der Waals surface area contributed by atoms with Crippen molar-refractivity contribution in [3.8, 4) is 68.3 Å². The monoisotopic (exact) mass is 1590 g/mol. The Labute approximate surface area is 663 Å². The number of benzene rings is 3. The number of methoxy groups -OCH3 is 6. The first kappa shape index (κ1) is 95.9. The fraction of sp³-hybridized carbons (Fsp3) is 0.602. The maximum atomic E-state index is 14.7. The van der Waals surface area contributed by atoms with E-state index >= 15 is 0 Å². The summed E-state index contributed by atoms with van der Waals surface area (Å²) in [6.45, 7) is 34.6. The molecule has 3 aromatic carbocycles. The maximum absolute atomic E-state index is 14.7. The first-order valence-corrected chi connectivity index (χ1v) is 39.3. The summed E-state index contributed by atoms with van der Waals surface area (Å²) in [6, 6.07) is 5.07. The van der Waals surface area contributed by atoms with Crippen molar-refractivity contribution in [2.75, 3.05) is 62.3 Å². The molecular weight excluding hydrogens is 1470 g/mol.